The highest BCUT2D eigenvalue weighted by atomic mass is 16.3. The number of aromatic nitrogens is 4. The summed E-state index contributed by atoms with van der Waals surface area (Å²) in [6.45, 7) is 2.30. The number of imidazole rings is 1. The minimum Gasteiger partial charge on any atom is -0.396 e. The molecule has 2 aromatic rings. The van der Waals surface area contributed by atoms with Crippen LogP contribution in [0, 0.1) is 5.92 Å². The average molecular weight is 220 g/mol. The lowest BCUT2D eigenvalue weighted by Crippen LogP contribution is -2.02. The summed E-state index contributed by atoms with van der Waals surface area (Å²) < 4.78 is 0. The van der Waals surface area contributed by atoms with E-state index >= 15 is 0 Å². The van der Waals surface area contributed by atoms with Crippen LogP contribution in [0.5, 0.6) is 0 Å². The summed E-state index contributed by atoms with van der Waals surface area (Å²) in [5, 5.41) is 8.93. The van der Waals surface area contributed by atoms with Gasteiger partial charge in [-0.1, -0.05) is 6.92 Å². The maximum absolute atomic E-state index is 8.93. The summed E-state index contributed by atoms with van der Waals surface area (Å²) in [6.07, 6.45) is 6.11. The number of fused-ring (bicyclic) bond motifs is 1. The molecule has 0 aliphatic heterocycles. The van der Waals surface area contributed by atoms with Crippen molar-refractivity contribution in [2.45, 2.75) is 26.2 Å². The van der Waals surface area contributed by atoms with E-state index in [0.29, 0.717) is 5.92 Å². The van der Waals surface area contributed by atoms with Crippen molar-refractivity contribution in [2.75, 3.05) is 6.61 Å². The van der Waals surface area contributed by atoms with Crippen molar-refractivity contribution in [2.24, 2.45) is 5.92 Å². The molecule has 0 spiro atoms. The molecule has 0 saturated carbocycles. The second kappa shape index (κ2) is 5.03. The summed E-state index contributed by atoms with van der Waals surface area (Å²) in [7, 11) is 0. The lowest BCUT2D eigenvalue weighted by atomic mass is 10.0. The van der Waals surface area contributed by atoms with E-state index in [9.17, 15) is 0 Å². The van der Waals surface area contributed by atoms with Gasteiger partial charge in [-0.2, -0.15) is 0 Å². The first-order valence-electron chi connectivity index (χ1n) is 5.55. The topological polar surface area (TPSA) is 74.7 Å². The largest absolute Gasteiger partial charge is 0.396 e. The van der Waals surface area contributed by atoms with Gasteiger partial charge in [0.05, 0.1) is 12.0 Å². The maximum atomic E-state index is 8.93. The van der Waals surface area contributed by atoms with Gasteiger partial charge in [-0.15, -0.1) is 0 Å². The SMILES string of the molecule is C[C@H](CO)CCCc1ncnc2nc[nH]c12. The molecule has 0 aliphatic carbocycles. The zero-order valence-electron chi connectivity index (χ0n) is 9.35. The molecule has 16 heavy (non-hydrogen) atoms. The van der Waals surface area contributed by atoms with E-state index in [1.54, 1.807) is 12.7 Å². The van der Waals surface area contributed by atoms with E-state index in [1.807, 2.05) is 6.92 Å². The van der Waals surface area contributed by atoms with E-state index in [1.165, 1.54) is 0 Å². The van der Waals surface area contributed by atoms with Crippen LogP contribution in [-0.2, 0) is 6.42 Å². The minimum absolute atomic E-state index is 0.253. The first-order chi connectivity index (χ1) is 7.81. The van der Waals surface area contributed by atoms with Crippen molar-refractivity contribution < 1.29 is 5.11 Å². The quantitative estimate of drug-likeness (QED) is 0.796. The molecule has 86 valence electrons. The third kappa shape index (κ3) is 2.36. The molecule has 5 nitrogen and oxygen atoms in total. The predicted octanol–water partition coefficient (Wildman–Crippen LogP) is 1.30. The van der Waals surface area contributed by atoms with Crippen LogP contribution in [0.15, 0.2) is 12.7 Å². The molecule has 1 atom stereocenters. The van der Waals surface area contributed by atoms with Crippen LogP contribution in [0.25, 0.3) is 11.2 Å². The Morgan fingerprint density at radius 3 is 3.06 bits per heavy atom. The lowest BCUT2D eigenvalue weighted by Gasteiger charge is -2.06. The zero-order chi connectivity index (χ0) is 11.4. The Balaban J connectivity index is 2.01. The summed E-state index contributed by atoms with van der Waals surface area (Å²) in [6, 6.07) is 0. The Morgan fingerprint density at radius 1 is 1.38 bits per heavy atom. The summed E-state index contributed by atoms with van der Waals surface area (Å²) in [5.74, 6) is 0.360. The van der Waals surface area contributed by atoms with Gasteiger partial charge in [0.2, 0.25) is 0 Å². The third-order valence-electron chi connectivity index (χ3n) is 2.72. The van der Waals surface area contributed by atoms with Gasteiger partial charge in [0, 0.05) is 6.61 Å². The summed E-state index contributed by atoms with van der Waals surface area (Å²) in [5.41, 5.74) is 2.66. The van der Waals surface area contributed by atoms with Gasteiger partial charge in [-0.3, -0.25) is 0 Å². The molecule has 0 bridgehead atoms. The predicted molar refractivity (Wildman–Crippen MR) is 60.9 cm³/mol. The Morgan fingerprint density at radius 2 is 2.25 bits per heavy atom. The molecule has 0 amide bonds. The van der Waals surface area contributed by atoms with Gasteiger partial charge >= 0.3 is 0 Å². The van der Waals surface area contributed by atoms with Crippen LogP contribution in [0.3, 0.4) is 0 Å². The van der Waals surface area contributed by atoms with Gasteiger partial charge in [0.25, 0.3) is 0 Å². The Hall–Kier alpha value is -1.49. The molecule has 0 aromatic carbocycles. The van der Waals surface area contributed by atoms with Crippen molar-refractivity contribution in [1.82, 2.24) is 19.9 Å². The van der Waals surface area contributed by atoms with Crippen LogP contribution in [0.1, 0.15) is 25.5 Å². The molecule has 0 saturated heterocycles. The standard InChI is InChI=1S/C11H16N4O/c1-8(5-16)3-2-4-9-10-11(14-6-12-9)15-7-13-10/h6-8,16H,2-5H2,1H3,(H,12,13,14,15)/t8-/m0/s1. The van der Waals surface area contributed by atoms with Gasteiger partial charge in [-0.05, 0) is 25.2 Å². The second-order valence-corrected chi connectivity index (χ2v) is 4.10. The highest BCUT2D eigenvalue weighted by Gasteiger charge is 2.06. The fourth-order valence-corrected chi connectivity index (χ4v) is 1.71. The van der Waals surface area contributed by atoms with Crippen LogP contribution >= 0.6 is 0 Å². The monoisotopic (exact) mass is 220 g/mol. The first-order valence-corrected chi connectivity index (χ1v) is 5.55. The number of rotatable bonds is 5. The average Bonchev–Trinajstić information content (AvgIpc) is 2.77. The molecule has 5 heteroatoms. The highest BCUT2D eigenvalue weighted by Crippen LogP contribution is 2.14. The Labute approximate surface area is 94.0 Å². The Kier molecular flexibility index (Phi) is 3.46. The number of aliphatic hydroxyl groups excluding tert-OH is 1. The van der Waals surface area contributed by atoms with Gasteiger partial charge in [0.15, 0.2) is 5.65 Å². The zero-order valence-corrected chi connectivity index (χ0v) is 9.35. The van der Waals surface area contributed by atoms with Crippen molar-refractivity contribution >= 4 is 11.2 Å². The normalized spacial score (nSPS) is 13.1. The van der Waals surface area contributed by atoms with Crippen LogP contribution in [0.2, 0.25) is 0 Å². The number of aryl methyl sites for hydroxylation is 1. The van der Waals surface area contributed by atoms with Crippen molar-refractivity contribution in [1.29, 1.82) is 0 Å². The second-order valence-electron chi connectivity index (χ2n) is 4.10. The molecule has 0 unspecified atom stereocenters. The molecule has 2 rings (SSSR count). The van der Waals surface area contributed by atoms with E-state index in [4.69, 9.17) is 5.11 Å². The van der Waals surface area contributed by atoms with Crippen LogP contribution in [-0.4, -0.2) is 31.6 Å². The van der Waals surface area contributed by atoms with Crippen LogP contribution < -0.4 is 0 Å². The summed E-state index contributed by atoms with van der Waals surface area (Å²) in [4.78, 5) is 15.5. The van der Waals surface area contributed by atoms with Crippen LogP contribution in [0.4, 0.5) is 0 Å². The molecule has 0 aliphatic rings. The highest BCUT2D eigenvalue weighted by molar-refractivity contribution is 5.71. The Bertz CT molecular complexity index is 454. The van der Waals surface area contributed by atoms with Gasteiger partial charge < -0.3 is 10.1 Å². The fourth-order valence-electron chi connectivity index (χ4n) is 1.71. The number of aromatic amines is 1. The molecular weight excluding hydrogens is 204 g/mol. The minimum atomic E-state index is 0.253. The number of hydrogen-bond acceptors (Lipinski definition) is 4. The molecule has 0 radical (unpaired) electrons. The summed E-state index contributed by atoms with van der Waals surface area (Å²) >= 11 is 0. The fraction of sp³-hybridized carbons (Fsp3) is 0.545. The molecule has 2 heterocycles. The molecular formula is C11H16N4O. The maximum Gasteiger partial charge on any atom is 0.180 e. The van der Waals surface area contributed by atoms with E-state index in [2.05, 4.69) is 19.9 Å². The van der Waals surface area contributed by atoms with Crippen molar-refractivity contribution in [3.63, 3.8) is 0 Å². The number of aliphatic hydroxyl groups is 1. The number of hydrogen-bond donors (Lipinski definition) is 2. The molecule has 0 fully saturated rings. The first kappa shape index (κ1) is 11.0. The van der Waals surface area contributed by atoms with Crippen molar-refractivity contribution in [3.05, 3.63) is 18.3 Å². The molecule has 2 N–H and O–H groups in total. The smallest absolute Gasteiger partial charge is 0.180 e. The van der Waals surface area contributed by atoms with E-state index in [-0.39, 0.29) is 6.61 Å². The number of nitrogens with zero attached hydrogens (tertiary/aromatic N) is 3. The lowest BCUT2D eigenvalue weighted by molar-refractivity contribution is 0.228. The molecule has 2 aromatic heterocycles. The van der Waals surface area contributed by atoms with Gasteiger partial charge in [-0.25, -0.2) is 15.0 Å². The number of H-pyrrole nitrogens is 1. The third-order valence-corrected chi connectivity index (χ3v) is 2.72. The van der Waals surface area contributed by atoms with E-state index < -0.39 is 0 Å². The van der Waals surface area contributed by atoms with Crippen molar-refractivity contribution in [3.8, 4) is 0 Å². The van der Waals surface area contributed by atoms with Gasteiger partial charge in [0.1, 0.15) is 11.8 Å². The number of nitrogens with one attached hydrogen (secondary N) is 1. The van der Waals surface area contributed by atoms with E-state index in [0.717, 1.165) is 36.1 Å².